The summed E-state index contributed by atoms with van der Waals surface area (Å²) in [4.78, 5) is 11.1. The van der Waals surface area contributed by atoms with Crippen LogP contribution in [0.25, 0.3) is 0 Å². The van der Waals surface area contributed by atoms with Crippen LogP contribution in [-0.2, 0) is 16.0 Å². The van der Waals surface area contributed by atoms with E-state index in [9.17, 15) is 4.79 Å². The van der Waals surface area contributed by atoms with E-state index in [-0.39, 0.29) is 17.8 Å². The minimum atomic E-state index is -0.299. The lowest BCUT2D eigenvalue weighted by Crippen LogP contribution is -2.16. The molecule has 98 valence electrons. The number of carbonyl (C=O) groups is 1. The summed E-state index contributed by atoms with van der Waals surface area (Å²) in [6, 6.07) is 5.70. The molecule has 2 rings (SSSR count). The first-order valence-corrected chi connectivity index (χ1v) is 6.22. The van der Waals surface area contributed by atoms with Crippen LogP contribution in [-0.4, -0.2) is 31.7 Å². The normalized spacial score (nSPS) is 15.0. The molecule has 1 aromatic rings. The molecule has 5 heteroatoms. The summed E-state index contributed by atoms with van der Waals surface area (Å²) in [5.74, 6) is 1.19. The van der Waals surface area contributed by atoms with E-state index in [1.54, 1.807) is 0 Å². The zero-order valence-electron chi connectivity index (χ0n) is 10.1. The molecule has 0 saturated heterocycles. The number of halogens is 1. The average Bonchev–Trinajstić information content (AvgIpc) is 2.38. The van der Waals surface area contributed by atoms with Gasteiger partial charge in [0, 0.05) is 5.38 Å². The van der Waals surface area contributed by atoms with Crippen molar-refractivity contribution < 1.29 is 19.0 Å². The number of ether oxygens (including phenoxy) is 3. The van der Waals surface area contributed by atoms with Gasteiger partial charge in [-0.05, 0) is 24.1 Å². The number of rotatable bonds is 4. The van der Waals surface area contributed by atoms with Crippen LogP contribution in [0.2, 0.25) is 0 Å². The maximum atomic E-state index is 11.1. The first-order valence-electron chi connectivity index (χ1n) is 5.78. The molecular formula is C13H15ClO4. The number of hydrogen-bond donors (Lipinski definition) is 0. The quantitative estimate of drug-likeness (QED) is 0.621. The van der Waals surface area contributed by atoms with E-state index in [2.05, 4.69) is 4.74 Å². The molecule has 0 aliphatic carbocycles. The summed E-state index contributed by atoms with van der Waals surface area (Å²) < 4.78 is 15.5. The minimum Gasteiger partial charge on any atom is -0.486 e. The smallest absolute Gasteiger partial charge is 0.307 e. The predicted octanol–water partition coefficient (Wildman–Crippen LogP) is 2.17. The molecule has 0 fully saturated rings. The van der Waals surface area contributed by atoms with Crippen molar-refractivity contribution >= 4 is 17.6 Å². The molecule has 0 spiro atoms. The number of carbonyl (C=O) groups excluding carboxylic acids is 1. The number of alkyl halides is 1. The minimum absolute atomic E-state index is 0.201. The standard InChI is InChI=1S/C13H15ClO4/c1-16-13(15)8-10(14)6-9-2-3-11-12(7-9)18-5-4-17-11/h2-3,7,10H,4-6,8H2,1H3. The molecule has 0 amide bonds. The molecule has 18 heavy (non-hydrogen) atoms. The van der Waals surface area contributed by atoms with E-state index in [1.807, 2.05) is 18.2 Å². The topological polar surface area (TPSA) is 44.8 Å². The molecule has 1 unspecified atom stereocenters. The van der Waals surface area contributed by atoms with Gasteiger partial charge in [0.2, 0.25) is 0 Å². The SMILES string of the molecule is COC(=O)CC(Cl)Cc1ccc2c(c1)OCCO2. The van der Waals surface area contributed by atoms with Gasteiger partial charge >= 0.3 is 5.97 Å². The van der Waals surface area contributed by atoms with Gasteiger partial charge in [0.05, 0.1) is 13.5 Å². The fourth-order valence-electron chi connectivity index (χ4n) is 1.81. The first kappa shape index (κ1) is 13.0. The molecule has 1 heterocycles. The molecular weight excluding hydrogens is 256 g/mol. The molecule has 1 aliphatic heterocycles. The van der Waals surface area contributed by atoms with Crippen molar-refractivity contribution in [2.75, 3.05) is 20.3 Å². The average molecular weight is 271 g/mol. The van der Waals surface area contributed by atoms with Crippen molar-refractivity contribution in [3.05, 3.63) is 23.8 Å². The van der Waals surface area contributed by atoms with E-state index in [1.165, 1.54) is 7.11 Å². The Hall–Kier alpha value is -1.42. The van der Waals surface area contributed by atoms with Gasteiger partial charge in [-0.2, -0.15) is 0 Å². The van der Waals surface area contributed by atoms with Crippen LogP contribution in [0.4, 0.5) is 0 Å². The molecule has 0 aromatic heterocycles. The Balaban J connectivity index is 1.99. The molecule has 0 saturated carbocycles. The highest BCUT2D eigenvalue weighted by Crippen LogP contribution is 2.31. The first-order chi connectivity index (χ1) is 8.69. The Morgan fingerprint density at radius 2 is 2.11 bits per heavy atom. The van der Waals surface area contributed by atoms with Gasteiger partial charge in [0.1, 0.15) is 13.2 Å². The lowest BCUT2D eigenvalue weighted by Gasteiger charge is -2.19. The van der Waals surface area contributed by atoms with Gasteiger partial charge in [0.25, 0.3) is 0 Å². The maximum absolute atomic E-state index is 11.1. The highest BCUT2D eigenvalue weighted by molar-refractivity contribution is 6.21. The third-order valence-corrected chi connectivity index (χ3v) is 2.99. The lowest BCUT2D eigenvalue weighted by molar-refractivity contribution is -0.140. The van der Waals surface area contributed by atoms with Crippen LogP contribution in [0.3, 0.4) is 0 Å². The molecule has 4 nitrogen and oxygen atoms in total. The Bertz CT molecular complexity index is 433. The number of fused-ring (bicyclic) bond motifs is 1. The molecule has 1 aromatic carbocycles. The van der Waals surface area contributed by atoms with Crippen LogP contribution in [0.15, 0.2) is 18.2 Å². The van der Waals surface area contributed by atoms with Gasteiger partial charge < -0.3 is 14.2 Å². The highest BCUT2D eigenvalue weighted by atomic mass is 35.5. The predicted molar refractivity (Wildman–Crippen MR) is 67.4 cm³/mol. The van der Waals surface area contributed by atoms with Crippen molar-refractivity contribution in [3.63, 3.8) is 0 Å². The number of methoxy groups -OCH3 is 1. The molecule has 0 bridgehead atoms. The zero-order chi connectivity index (χ0) is 13.0. The summed E-state index contributed by atoms with van der Waals surface area (Å²) >= 11 is 6.10. The fourth-order valence-corrected chi connectivity index (χ4v) is 2.11. The van der Waals surface area contributed by atoms with Crippen LogP contribution >= 0.6 is 11.6 Å². The molecule has 1 aliphatic rings. The highest BCUT2D eigenvalue weighted by Gasteiger charge is 2.15. The largest absolute Gasteiger partial charge is 0.486 e. The Morgan fingerprint density at radius 1 is 1.39 bits per heavy atom. The van der Waals surface area contributed by atoms with Crippen LogP contribution in [0.5, 0.6) is 11.5 Å². The van der Waals surface area contributed by atoms with Gasteiger partial charge in [-0.15, -0.1) is 11.6 Å². The monoisotopic (exact) mass is 270 g/mol. The van der Waals surface area contributed by atoms with E-state index < -0.39 is 0 Å². The van der Waals surface area contributed by atoms with Crippen molar-refractivity contribution in [2.45, 2.75) is 18.2 Å². The van der Waals surface area contributed by atoms with E-state index in [0.29, 0.717) is 19.6 Å². The second-order valence-corrected chi connectivity index (χ2v) is 4.68. The summed E-state index contributed by atoms with van der Waals surface area (Å²) in [6.45, 7) is 1.13. The zero-order valence-corrected chi connectivity index (χ0v) is 10.9. The number of hydrogen-bond acceptors (Lipinski definition) is 4. The fraction of sp³-hybridized carbons (Fsp3) is 0.462. The summed E-state index contributed by atoms with van der Waals surface area (Å²) in [6.07, 6.45) is 0.791. The van der Waals surface area contributed by atoms with Crippen molar-refractivity contribution in [2.24, 2.45) is 0 Å². The van der Waals surface area contributed by atoms with Gasteiger partial charge in [-0.1, -0.05) is 6.07 Å². The van der Waals surface area contributed by atoms with Gasteiger partial charge in [-0.3, -0.25) is 4.79 Å². The maximum Gasteiger partial charge on any atom is 0.307 e. The van der Waals surface area contributed by atoms with E-state index in [4.69, 9.17) is 21.1 Å². The lowest BCUT2D eigenvalue weighted by atomic mass is 10.1. The van der Waals surface area contributed by atoms with E-state index in [0.717, 1.165) is 17.1 Å². The summed E-state index contributed by atoms with van der Waals surface area (Å²) in [5, 5.41) is -0.278. The summed E-state index contributed by atoms with van der Waals surface area (Å²) in [7, 11) is 1.36. The second-order valence-electron chi connectivity index (χ2n) is 4.06. The van der Waals surface area contributed by atoms with Crippen molar-refractivity contribution in [1.82, 2.24) is 0 Å². The Morgan fingerprint density at radius 3 is 2.83 bits per heavy atom. The molecule has 1 atom stereocenters. The van der Waals surface area contributed by atoms with Gasteiger partial charge in [-0.25, -0.2) is 0 Å². The second kappa shape index (κ2) is 5.96. The summed E-state index contributed by atoms with van der Waals surface area (Å²) in [5.41, 5.74) is 1.02. The van der Waals surface area contributed by atoms with Crippen LogP contribution < -0.4 is 9.47 Å². The molecule has 0 N–H and O–H groups in total. The van der Waals surface area contributed by atoms with E-state index >= 15 is 0 Å². The molecule has 0 radical (unpaired) electrons. The Kier molecular flexibility index (Phi) is 4.31. The number of benzene rings is 1. The van der Waals surface area contributed by atoms with Crippen LogP contribution in [0, 0.1) is 0 Å². The van der Waals surface area contributed by atoms with Crippen molar-refractivity contribution in [1.29, 1.82) is 0 Å². The third kappa shape index (κ3) is 3.29. The van der Waals surface area contributed by atoms with Crippen LogP contribution in [0.1, 0.15) is 12.0 Å². The van der Waals surface area contributed by atoms with Gasteiger partial charge in [0.15, 0.2) is 11.5 Å². The third-order valence-electron chi connectivity index (χ3n) is 2.68. The number of esters is 1. The van der Waals surface area contributed by atoms with Crippen molar-refractivity contribution in [3.8, 4) is 11.5 Å². The Labute approximate surface area is 111 Å².